The molecule has 0 saturated carbocycles. The number of nitrogens with one attached hydrogen (secondary N) is 1. The van der Waals surface area contributed by atoms with Crippen LogP contribution in [0.2, 0.25) is 0 Å². The third-order valence-corrected chi connectivity index (χ3v) is 1.62. The molecular weight excluding hydrogens is 158 g/mol. The number of rotatable bonds is 6. The highest BCUT2D eigenvalue weighted by molar-refractivity contribution is 5.61. The van der Waals surface area contributed by atoms with Gasteiger partial charge in [-0.1, -0.05) is 20.3 Å². The summed E-state index contributed by atoms with van der Waals surface area (Å²) in [5, 5.41) is 12.0. The molecule has 1 N–H and O–H groups in total. The van der Waals surface area contributed by atoms with E-state index in [-0.39, 0.29) is 0 Å². The predicted octanol–water partition coefficient (Wildman–Crippen LogP) is -0.0180. The molecule has 0 saturated heterocycles. The first-order chi connectivity index (χ1) is 5.66. The van der Waals surface area contributed by atoms with Crippen LogP contribution in [0.4, 0.5) is 4.79 Å². The van der Waals surface area contributed by atoms with Crippen molar-refractivity contribution >= 4 is 6.09 Å². The van der Waals surface area contributed by atoms with Gasteiger partial charge in [-0.15, -0.1) is 0 Å². The molecule has 4 nitrogen and oxygen atoms in total. The van der Waals surface area contributed by atoms with Crippen LogP contribution in [0, 0.1) is 5.92 Å². The van der Waals surface area contributed by atoms with E-state index in [1.165, 1.54) is 0 Å². The van der Waals surface area contributed by atoms with Crippen LogP contribution in [0.3, 0.4) is 0 Å². The minimum atomic E-state index is -1.25. The number of ether oxygens (including phenoxy) is 1. The van der Waals surface area contributed by atoms with Gasteiger partial charge in [0.15, 0.2) is 0 Å². The molecule has 4 heteroatoms. The van der Waals surface area contributed by atoms with Crippen LogP contribution in [0.1, 0.15) is 20.3 Å². The molecular formula is C8H16NO3-. The smallest absolute Gasteiger partial charge is 0.134 e. The maximum atomic E-state index is 9.87. The van der Waals surface area contributed by atoms with E-state index in [1.54, 1.807) is 0 Å². The van der Waals surface area contributed by atoms with Gasteiger partial charge in [-0.2, -0.15) is 0 Å². The van der Waals surface area contributed by atoms with Gasteiger partial charge in [0.1, 0.15) is 6.09 Å². The van der Waals surface area contributed by atoms with Gasteiger partial charge in [0, 0.05) is 13.2 Å². The van der Waals surface area contributed by atoms with E-state index in [1.807, 2.05) is 0 Å². The van der Waals surface area contributed by atoms with Crippen molar-refractivity contribution in [2.24, 2.45) is 5.92 Å². The summed E-state index contributed by atoms with van der Waals surface area (Å²) in [6.07, 6.45) is -0.171. The van der Waals surface area contributed by atoms with Crippen molar-refractivity contribution in [3.05, 3.63) is 0 Å². The summed E-state index contributed by atoms with van der Waals surface area (Å²) in [4.78, 5) is 9.87. The highest BCUT2D eigenvalue weighted by Crippen LogP contribution is 1.99. The Labute approximate surface area is 72.9 Å². The maximum Gasteiger partial charge on any atom is 0.134 e. The van der Waals surface area contributed by atoms with Gasteiger partial charge in [-0.3, -0.25) is 0 Å². The predicted molar refractivity (Wildman–Crippen MR) is 43.7 cm³/mol. The Morgan fingerprint density at radius 3 is 2.83 bits per heavy atom. The quantitative estimate of drug-likeness (QED) is 0.576. The molecule has 0 rings (SSSR count). The van der Waals surface area contributed by atoms with Crippen LogP contribution in [-0.4, -0.2) is 25.9 Å². The first-order valence-corrected chi connectivity index (χ1v) is 4.19. The molecule has 1 atom stereocenters. The van der Waals surface area contributed by atoms with Crippen molar-refractivity contribution in [3.8, 4) is 0 Å². The molecule has 0 aliphatic rings. The van der Waals surface area contributed by atoms with Crippen LogP contribution < -0.4 is 10.4 Å². The van der Waals surface area contributed by atoms with Crippen molar-refractivity contribution < 1.29 is 14.6 Å². The Hall–Kier alpha value is -0.770. The SMILES string of the molecule is CCC(C)COCCNC(=O)[O-]. The van der Waals surface area contributed by atoms with Crippen molar-refractivity contribution in [2.45, 2.75) is 20.3 Å². The molecule has 12 heavy (non-hydrogen) atoms. The first-order valence-electron chi connectivity index (χ1n) is 4.19. The van der Waals surface area contributed by atoms with E-state index in [0.717, 1.165) is 6.42 Å². The number of hydrogen-bond acceptors (Lipinski definition) is 3. The average Bonchev–Trinajstić information content (AvgIpc) is 2.03. The second-order valence-corrected chi connectivity index (χ2v) is 2.80. The lowest BCUT2D eigenvalue weighted by Gasteiger charge is -2.10. The van der Waals surface area contributed by atoms with Gasteiger partial charge >= 0.3 is 0 Å². The molecule has 0 aliphatic heterocycles. The van der Waals surface area contributed by atoms with Crippen molar-refractivity contribution in [1.82, 2.24) is 5.32 Å². The van der Waals surface area contributed by atoms with Gasteiger partial charge in [-0.05, 0) is 5.92 Å². The second kappa shape index (κ2) is 6.91. The summed E-state index contributed by atoms with van der Waals surface area (Å²) in [5.41, 5.74) is 0. The van der Waals surface area contributed by atoms with E-state index >= 15 is 0 Å². The Morgan fingerprint density at radius 2 is 2.33 bits per heavy atom. The van der Waals surface area contributed by atoms with Crippen LogP contribution in [0.5, 0.6) is 0 Å². The van der Waals surface area contributed by atoms with E-state index in [4.69, 9.17) is 4.74 Å². The summed E-state index contributed by atoms with van der Waals surface area (Å²) in [7, 11) is 0. The lowest BCUT2D eigenvalue weighted by molar-refractivity contribution is -0.250. The fourth-order valence-corrected chi connectivity index (χ4v) is 0.628. The van der Waals surface area contributed by atoms with Gasteiger partial charge in [0.2, 0.25) is 0 Å². The van der Waals surface area contributed by atoms with Crippen molar-refractivity contribution in [2.75, 3.05) is 19.8 Å². The lowest BCUT2D eigenvalue weighted by Crippen LogP contribution is -2.38. The van der Waals surface area contributed by atoms with Crippen LogP contribution in [0.25, 0.3) is 0 Å². The number of carbonyl (C=O) groups excluding carboxylic acids is 1. The number of hydrogen-bond donors (Lipinski definition) is 1. The monoisotopic (exact) mass is 174 g/mol. The zero-order valence-electron chi connectivity index (χ0n) is 7.63. The summed E-state index contributed by atoms with van der Waals surface area (Å²) < 4.78 is 5.18. The molecule has 0 fully saturated rings. The van der Waals surface area contributed by atoms with E-state index in [9.17, 15) is 9.90 Å². The Morgan fingerprint density at radius 1 is 1.67 bits per heavy atom. The number of amides is 1. The molecule has 0 bridgehead atoms. The normalized spacial score (nSPS) is 12.5. The topological polar surface area (TPSA) is 61.4 Å². The Bertz CT molecular complexity index is 127. The standard InChI is InChI=1S/C8H17NO3/c1-3-7(2)6-12-5-4-9-8(10)11/h7,9H,3-6H2,1-2H3,(H,10,11)/p-1. The van der Waals surface area contributed by atoms with Crippen molar-refractivity contribution in [3.63, 3.8) is 0 Å². The number of carbonyl (C=O) groups is 1. The molecule has 1 unspecified atom stereocenters. The van der Waals surface area contributed by atoms with Crippen LogP contribution in [0.15, 0.2) is 0 Å². The molecule has 72 valence electrons. The van der Waals surface area contributed by atoms with Gasteiger partial charge < -0.3 is 20.0 Å². The first kappa shape index (κ1) is 11.2. The van der Waals surface area contributed by atoms with E-state index < -0.39 is 6.09 Å². The molecule has 0 aromatic heterocycles. The summed E-state index contributed by atoms with van der Waals surface area (Å²) >= 11 is 0. The van der Waals surface area contributed by atoms with Gasteiger partial charge in [0.25, 0.3) is 0 Å². The second-order valence-electron chi connectivity index (χ2n) is 2.80. The van der Waals surface area contributed by atoms with Crippen LogP contribution in [-0.2, 0) is 4.74 Å². The molecule has 0 aromatic carbocycles. The van der Waals surface area contributed by atoms with E-state index in [2.05, 4.69) is 19.2 Å². The molecule has 0 aromatic rings. The lowest BCUT2D eigenvalue weighted by atomic mass is 10.1. The number of carboxylic acid groups (broad SMARTS) is 1. The fourth-order valence-electron chi connectivity index (χ4n) is 0.628. The van der Waals surface area contributed by atoms with Gasteiger partial charge in [-0.25, -0.2) is 0 Å². The minimum absolute atomic E-state index is 0.304. The van der Waals surface area contributed by atoms with Gasteiger partial charge in [0.05, 0.1) is 6.61 Å². The zero-order valence-corrected chi connectivity index (χ0v) is 7.63. The highest BCUT2D eigenvalue weighted by Gasteiger charge is 1.97. The third kappa shape index (κ3) is 7.34. The zero-order chi connectivity index (χ0) is 9.40. The summed E-state index contributed by atoms with van der Waals surface area (Å²) in [6, 6.07) is 0. The molecule has 0 aliphatic carbocycles. The molecule has 0 spiro atoms. The summed E-state index contributed by atoms with van der Waals surface area (Å²) in [5.74, 6) is 0.535. The van der Waals surface area contributed by atoms with Crippen LogP contribution >= 0.6 is 0 Å². The molecule has 0 radical (unpaired) electrons. The largest absolute Gasteiger partial charge is 0.530 e. The highest BCUT2D eigenvalue weighted by atomic mass is 16.5. The summed E-state index contributed by atoms with van der Waals surface area (Å²) in [6.45, 7) is 5.59. The van der Waals surface area contributed by atoms with Crippen molar-refractivity contribution in [1.29, 1.82) is 0 Å². The average molecular weight is 174 g/mol. The Kier molecular flexibility index (Phi) is 6.47. The minimum Gasteiger partial charge on any atom is -0.530 e. The van der Waals surface area contributed by atoms with E-state index in [0.29, 0.717) is 25.7 Å². The fraction of sp³-hybridized carbons (Fsp3) is 0.875. The maximum absolute atomic E-state index is 9.87. The molecule has 0 heterocycles. The molecule has 1 amide bonds. The third-order valence-electron chi connectivity index (χ3n) is 1.62. The Balaban J connectivity index is 3.05.